The quantitative estimate of drug-likeness (QED) is 0.775. The van der Waals surface area contributed by atoms with Gasteiger partial charge in [-0.05, 0) is 42.0 Å². The Morgan fingerprint density at radius 1 is 0.947 bits per heavy atom. The molecule has 0 spiro atoms. The highest BCUT2D eigenvalue weighted by atomic mass is 32.2. The predicted molar refractivity (Wildman–Crippen MR) is 78.2 cm³/mol. The summed E-state index contributed by atoms with van der Waals surface area (Å²) in [5.74, 6) is 0. The van der Waals surface area contributed by atoms with Crippen LogP contribution in [-0.2, 0) is 29.4 Å². The minimum atomic E-state index is -4.14. The summed E-state index contributed by atoms with van der Waals surface area (Å²) in [6, 6.07) is 3.75. The topological polar surface area (TPSA) is 54.4 Å². The van der Waals surface area contributed by atoms with Crippen molar-refractivity contribution in [1.82, 2.24) is 0 Å². The molecule has 0 fully saturated rings. The molecule has 3 nitrogen and oxygen atoms in total. The van der Waals surface area contributed by atoms with Crippen LogP contribution in [0.1, 0.15) is 56.7 Å². The Balaban J connectivity index is 3.45. The summed E-state index contributed by atoms with van der Waals surface area (Å²) in [4.78, 5) is 0.115. The molecule has 1 N–H and O–H groups in total. The second-order valence-corrected chi connectivity index (χ2v) is 6.35. The zero-order valence-electron chi connectivity index (χ0n) is 12.1. The van der Waals surface area contributed by atoms with E-state index in [9.17, 15) is 13.0 Å². The van der Waals surface area contributed by atoms with E-state index in [1.807, 2.05) is 6.92 Å². The first-order valence-electron chi connectivity index (χ1n) is 7.06. The molecule has 0 saturated heterocycles. The van der Waals surface area contributed by atoms with Gasteiger partial charge >= 0.3 is 0 Å². The summed E-state index contributed by atoms with van der Waals surface area (Å²) in [5, 5.41) is 0. The Labute approximate surface area is 116 Å². The van der Waals surface area contributed by atoms with Crippen molar-refractivity contribution in [2.45, 2.75) is 64.2 Å². The van der Waals surface area contributed by atoms with Crippen LogP contribution in [0.5, 0.6) is 0 Å². The second-order valence-electron chi connectivity index (χ2n) is 4.96. The number of rotatable bonds is 7. The molecule has 0 amide bonds. The molecular formula is C15H24O3S. The Bertz CT molecular complexity index is 518. The normalized spacial score (nSPS) is 11.8. The number of benzene rings is 1. The van der Waals surface area contributed by atoms with Gasteiger partial charge in [-0.2, -0.15) is 8.42 Å². The maximum Gasteiger partial charge on any atom is 0.294 e. The standard InChI is InChI=1S/C15H24O3S/c1-4-7-12-10-13(8-5-2)14(9-6-3)15(11-12)19(16,17)18/h10-11H,4-9H2,1-3H3,(H,16,17,18). The van der Waals surface area contributed by atoms with Crippen LogP contribution in [-0.4, -0.2) is 13.0 Å². The molecule has 1 aromatic rings. The first kappa shape index (κ1) is 16.2. The Morgan fingerprint density at radius 3 is 2.00 bits per heavy atom. The molecule has 0 aromatic heterocycles. The molecule has 0 saturated carbocycles. The molecule has 0 atom stereocenters. The number of hydrogen-bond donors (Lipinski definition) is 1. The van der Waals surface area contributed by atoms with Crippen LogP contribution in [0.2, 0.25) is 0 Å². The van der Waals surface area contributed by atoms with E-state index in [1.165, 1.54) is 0 Å². The monoisotopic (exact) mass is 284 g/mol. The molecule has 0 aliphatic heterocycles. The molecule has 0 radical (unpaired) electrons. The van der Waals surface area contributed by atoms with E-state index in [-0.39, 0.29) is 4.90 Å². The van der Waals surface area contributed by atoms with Crippen molar-refractivity contribution in [3.63, 3.8) is 0 Å². The van der Waals surface area contributed by atoms with Crippen LogP contribution in [0.3, 0.4) is 0 Å². The average Bonchev–Trinajstić information content (AvgIpc) is 2.31. The summed E-state index contributed by atoms with van der Waals surface area (Å²) < 4.78 is 32.6. The number of aryl methyl sites for hydroxylation is 2. The van der Waals surface area contributed by atoms with Crippen LogP contribution in [0, 0.1) is 0 Å². The third-order valence-electron chi connectivity index (χ3n) is 3.20. The van der Waals surface area contributed by atoms with Crippen molar-refractivity contribution in [2.24, 2.45) is 0 Å². The highest BCUT2D eigenvalue weighted by Crippen LogP contribution is 2.25. The van der Waals surface area contributed by atoms with Crippen molar-refractivity contribution in [3.05, 3.63) is 28.8 Å². The third-order valence-corrected chi connectivity index (χ3v) is 4.12. The van der Waals surface area contributed by atoms with Gasteiger partial charge in [-0.3, -0.25) is 4.55 Å². The predicted octanol–water partition coefficient (Wildman–Crippen LogP) is 3.79. The Hall–Kier alpha value is -0.870. The van der Waals surface area contributed by atoms with Crippen molar-refractivity contribution in [1.29, 1.82) is 0 Å². The number of hydrogen-bond acceptors (Lipinski definition) is 2. The van der Waals surface area contributed by atoms with Gasteiger partial charge in [-0.25, -0.2) is 0 Å². The molecule has 0 bridgehead atoms. The summed E-state index contributed by atoms with van der Waals surface area (Å²) >= 11 is 0. The van der Waals surface area contributed by atoms with E-state index < -0.39 is 10.1 Å². The molecule has 1 rings (SSSR count). The van der Waals surface area contributed by atoms with Gasteiger partial charge < -0.3 is 0 Å². The average molecular weight is 284 g/mol. The molecular weight excluding hydrogens is 260 g/mol. The molecule has 1 aromatic carbocycles. The van der Waals surface area contributed by atoms with Gasteiger partial charge in [0.25, 0.3) is 10.1 Å². The summed E-state index contributed by atoms with van der Waals surface area (Å²) in [7, 11) is -4.14. The summed E-state index contributed by atoms with van der Waals surface area (Å²) in [6.07, 6.45) is 5.19. The van der Waals surface area contributed by atoms with E-state index >= 15 is 0 Å². The minimum absolute atomic E-state index is 0.115. The van der Waals surface area contributed by atoms with E-state index in [1.54, 1.807) is 6.07 Å². The molecule has 0 aliphatic rings. The van der Waals surface area contributed by atoms with Crippen LogP contribution in [0.25, 0.3) is 0 Å². The lowest BCUT2D eigenvalue weighted by molar-refractivity contribution is 0.481. The molecule has 4 heteroatoms. The highest BCUT2D eigenvalue weighted by Gasteiger charge is 2.19. The zero-order chi connectivity index (χ0) is 14.5. The zero-order valence-corrected chi connectivity index (χ0v) is 12.9. The van der Waals surface area contributed by atoms with Gasteiger partial charge in [-0.15, -0.1) is 0 Å². The molecule has 108 valence electrons. The second kappa shape index (κ2) is 7.06. The fourth-order valence-electron chi connectivity index (χ4n) is 2.46. The van der Waals surface area contributed by atoms with Crippen molar-refractivity contribution < 1.29 is 13.0 Å². The highest BCUT2D eigenvalue weighted by molar-refractivity contribution is 7.85. The SMILES string of the molecule is CCCc1cc(CCC)c(CCC)c(S(=O)(=O)O)c1. The summed E-state index contributed by atoms with van der Waals surface area (Å²) in [5.41, 5.74) is 2.87. The van der Waals surface area contributed by atoms with Gasteiger partial charge in [-0.1, -0.05) is 46.1 Å². The van der Waals surface area contributed by atoms with Crippen molar-refractivity contribution in [2.75, 3.05) is 0 Å². The van der Waals surface area contributed by atoms with E-state index in [0.29, 0.717) is 6.42 Å². The van der Waals surface area contributed by atoms with Gasteiger partial charge in [0.2, 0.25) is 0 Å². The Kier molecular flexibility index (Phi) is 6.01. The van der Waals surface area contributed by atoms with Gasteiger partial charge in [0.05, 0.1) is 4.90 Å². The lowest BCUT2D eigenvalue weighted by Crippen LogP contribution is -2.08. The van der Waals surface area contributed by atoms with E-state index in [0.717, 1.165) is 48.8 Å². The van der Waals surface area contributed by atoms with Gasteiger partial charge in [0.1, 0.15) is 0 Å². The van der Waals surface area contributed by atoms with Crippen LogP contribution in [0.4, 0.5) is 0 Å². The van der Waals surface area contributed by atoms with Crippen LogP contribution in [0.15, 0.2) is 17.0 Å². The maximum absolute atomic E-state index is 11.6. The molecule has 0 heterocycles. The van der Waals surface area contributed by atoms with Gasteiger partial charge in [0, 0.05) is 0 Å². The fourth-order valence-corrected chi connectivity index (χ4v) is 3.30. The largest absolute Gasteiger partial charge is 0.294 e. The van der Waals surface area contributed by atoms with Crippen molar-refractivity contribution >= 4 is 10.1 Å². The maximum atomic E-state index is 11.6. The van der Waals surface area contributed by atoms with Gasteiger partial charge in [0.15, 0.2) is 0 Å². The first-order valence-corrected chi connectivity index (χ1v) is 8.50. The summed E-state index contributed by atoms with van der Waals surface area (Å²) in [6.45, 7) is 6.16. The minimum Gasteiger partial charge on any atom is -0.282 e. The van der Waals surface area contributed by atoms with E-state index in [2.05, 4.69) is 19.9 Å². The third kappa shape index (κ3) is 4.32. The fraction of sp³-hybridized carbons (Fsp3) is 0.600. The molecule has 0 aliphatic carbocycles. The van der Waals surface area contributed by atoms with Crippen LogP contribution >= 0.6 is 0 Å². The molecule has 0 unspecified atom stereocenters. The smallest absolute Gasteiger partial charge is 0.282 e. The lowest BCUT2D eigenvalue weighted by atomic mass is 9.95. The Morgan fingerprint density at radius 2 is 1.53 bits per heavy atom. The van der Waals surface area contributed by atoms with Crippen molar-refractivity contribution in [3.8, 4) is 0 Å². The van der Waals surface area contributed by atoms with E-state index in [4.69, 9.17) is 0 Å². The van der Waals surface area contributed by atoms with Crippen LogP contribution < -0.4 is 0 Å². The lowest BCUT2D eigenvalue weighted by Gasteiger charge is -2.15. The molecule has 19 heavy (non-hydrogen) atoms. The first-order chi connectivity index (χ1) is 8.93.